The number of rotatable bonds is 3. The molecule has 0 unspecified atom stereocenters. The number of aromatic nitrogens is 2. The van der Waals surface area contributed by atoms with E-state index in [2.05, 4.69) is 37.4 Å². The highest BCUT2D eigenvalue weighted by Gasteiger charge is 2.01. The first-order valence-corrected chi connectivity index (χ1v) is 6.54. The monoisotopic (exact) mass is 286 g/mol. The van der Waals surface area contributed by atoms with Gasteiger partial charge in [0.15, 0.2) is 4.34 Å². The lowest BCUT2D eigenvalue weighted by Gasteiger charge is -2.00. The second-order valence-corrected chi connectivity index (χ2v) is 5.44. The standard InChI is InChI=1S/C9H7BrN2S2/c10-8-4-2-1-3-7(8)5-13-9-11-6-12-14-9/h1-4,6H,5H2. The van der Waals surface area contributed by atoms with Crippen LogP contribution in [-0.2, 0) is 5.75 Å². The zero-order valence-electron chi connectivity index (χ0n) is 7.18. The summed E-state index contributed by atoms with van der Waals surface area (Å²) >= 11 is 6.66. The van der Waals surface area contributed by atoms with Crippen molar-refractivity contribution in [3.63, 3.8) is 0 Å². The second-order valence-electron chi connectivity index (χ2n) is 2.59. The Hall–Kier alpha value is -0.390. The van der Waals surface area contributed by atoms with Gasteiger partial charge in [-0.3, -0.25) is 0 Å². The molecule has 2 aromatic rings. The van der Waals surface area contributed by atoms with Crippen molar-refractivity contribution in [2.45, 2.75) is 10.1 Å². The summed E-state index contributed by atoms with van der Waals surface area (Å²) in [6.07, 6.45) is 1.59. The Labute approximate surface area is 99.1 Å². The van der Waals surface area contributed by atoms with Crippen LogP contribution >= 0.6 is 39.2 Å². The molecule has 0 fully saturated rings. The molecule has 0 bridgehead atoms. The summed E-state index contributed by atoms with van der Waals surface area (Å²) in [4.78, 5) is 4.12. The summed E-state index contributed by atoms with van der Waals surface area (Å²) < 4.78 is 6.12. The summed E-state index contributed by atoms with van der Waals surface area (Å²) in [5.41, 5.74) is 1.28. The van der Waals surface area contributed by atoms with E-state index in [1.807, 2.05) is 12.1 Å². The minimum Gasteiger partial charge on any atom is -0.216 e. The highest BCUT2D eigenvalue weighted by molar-refractivity contribution is 9.10. The topological polar surface area (TPSA) is 25.8 Å². The normalized spacial score (nSPS) is 10.4. The molecule has 1 aromatic carbocycles. The minimum atomic E-state index is 0.927. The fourth-order valence-corrected chi connectivity index (χ4v) is 3.04. The van der Waals surface area contributed by atoms with E-state index in [1.165, 1.54) is 17.1 Å². The van der Waals surface area contributed by atoms with Gasteiger partial charge in [-0.2, -0.15) is 4.37 Å². The summed E-state index contributed by atoms with van der Waals surface area (Å²) in [6.45, 7) is 0. The number of benzene rings is 1. The molecule has 0 amide bonds. The third-order valence-electron chi connectivity index (χ3n) is 1.65. The molecule has 0 spiro atoms. The Balaban J connectivity index is 2.02. The molecule has 0 aliphatic carbocycles. The van der Waals surface area contributed by atoms with E-state index >= 15 is 0 Å². The fourth-order valence-electron chi connectivity index (χ4n) is 0.981. The van der Waals surface area contributed by atoms with E-state index in [9.17, 15) is 0 Å². The van der Waals surface area contributed by atoms with Crippen LogP contribution in [0.1, 0.15) is 5.56 Å². The molecule has 2 nitrogen and oxygen atoms in total. The first-order chi connectivity index (χ1) is 6.86. The van der Waals surface area contributed by atoms with E-state index in [4.69, 9.17) is 0 Å². The van der Waals surface area contributed by atoms with Crippen molar-refractivity contribution in [2.24, 2.45) is 0 Å². The SMILES string of the molecule is Brc1ccccc1CSc1ncns1. The van der Waals surface area contributed by atoms with Crippen LogP contribution in [0.5, 0.6) is 0 Å². The van der Waals surface area contributed by atoms with Crippen LogP contribution in [-0.4, -0.2) is 9.36 Å². The number of halogens is 1. The molecule has 0 saturated heterocycles. The average molecular weight is 287 g/mol. The van der Waals surface area contributed by atoms with Gasteiger partial charge in [-0.1, -0.05) is 45.9 Å². The predicted molar refractivity (Wildman–Crippen MR) is 63.6 cm³/mol. The van der Waals surface area contributed by atoms with Crippen molar-refractivity contribution < 1.29 is 0 Å². The van der Waals surface area contributed by atoms with Crippen LogP contribution in [0.15, 0.2) is 39.4 Å². The van der Waals surface area contributed by atoms with E-state index in [0.717, 1.165) is 14.6 Å². The minimum absolute atomic E-state index is 0.927. The third kappa shape index (κ3) is 2.56. The largest absolute Gasteiger partial charge is 0.216 e. The fraction of sp³-hybridized carbons (Fsp3) is 0.111. The first kappa shape index (κ1) is 10.1. The van der Waals surface area contributed by atoms with E-state index in [1.54, 1.807) is 18.1 Å². The number of hydrogen-bond donors (Lipinski definition) is 0. The molecule has 0 aliphatic rings. The van der Waals surface area contributed by atoms with Gasteiger partial charge in [0.25, 0.3) is 0 Å². The van der Waals surface area contributed by atoms with Crippen molar-refractivity contribution >= 4 is 39.2 Å². The number of hydrogen-bond acceptors (Lipinski definition) is 4. The zero-order valence-corrected chi connectivity index (χ0v) is 10.4. The summed E-state index contributed by atoms with van der Waals surface area (Å²) in [6, 6.07) is 8.22. The van der Waals surface area contributed by atoms with Crippen LogP contribution in [0, 0.1) is 0 Å². The smallest absolute Gasteiger partial charge is 0.170 e. The van der Waals surface area contributed by atoms with Gasteiger partial charge in [0.1, 0.15) is 6.33 Å². The van der Waals surface area contributed by atoms with Crippen molar-refractivity contribution in [1.29, 1.82) is 0 Å². The van der Waals surface area contributed by atoms with E-state index < -0.39 is 0 Å². The molecular weight excluding hydrogens is 280 g/mol. The summed E-state index contributed by atoms with van der Waals surface area (Å²) in [5, 5.41) is 0. The molecule has 5 heteroatoms. The number of thioether (sulfide) groups is 1. The molecule has 14 heavy (non-hydrogen) atoms. The molecule has 1 aromatic heterocycles. The Morgan fingerprint density at radius 3 is 2.93 bits per heavy atom. The maximum Gasteiger partial charge on any atom is 0.170 e. The van der Waals surface area contributed by atoms with Crippen LogP contribution in [0.25, 0.3) is 0 Å². The molecule has 2 rings (SSSR count). The van der Waals surface area contributed by atoms with Gasteiger partial charge in [-0.05, 0) is 23.2 Å². The maximum atomic E-state index is 4.12. The van der Waals surface area contributed by atoms with E-state index in [-0.39, 0.29) is 0 Å². The molecular formula is C9H7BrN2S2. The number of nitrogens with zero attached hydrogens (tertiary/aromatic N) is 2. The van der Waals surface area contributed by atoms with Crippen molar-refractivity contribution in [1.82, 2.24) is 9.36 Å². The quantitative estimate of drug-likeness (QED) is 0.807. The molecule has 0 aliphatic heterocycles. The molecule has 0 atom stereocenters. The van der Waals surface area contributed by atoms with Crippen molar-refractivity contribution in [3.05, 3.63) is 40.6 Å². The first-order valence-electron chi connectivity index (χ1n) is 3.99. The van der Waals surface area contributed by atoms with Gasteiger partial charge in [0.05, 0.1) is 0 Å². The second kappa shape index (κ2) is 4.91. The lowest BCUT2D eigenvalue weighted by molar-refractivity contribution is 1.21. The van der Waals surface area contributed by atoms with Crippen LogP contribution in [0.3, 0.4) is 0 Å². The Morgan fingerprint density at radius 1 is 1.36 bits per heavy atom. The Bertz CT molecular complexity index is 403. The molecule has 1 heterocycles. The highest BCUT2D eigenvalue weighted by atomic mass is 79.9. The Kier molecular flexibility index (Phi) is 3.55. The van der Waals surface area contributed by atoms with Crippen molar-refractivity contribution in [2.75, 3.05) is 0 Å². The molecule has 0 N–H and O–H groups in total. The van der Waals surface area contributed by atoms with Gasteiger partial charge >= 0.3 is 0 Å². The molecule has 72 valence electrons. The van der Waals surface area contributed by atoms with Gasteiger partial charge in [-0.15, -0.1) is 0 Å². The molecule has 0 radical (unpaired) electrons. The lowest BCUT2D eigenvalue weighted by atomic mass is 10.2. The van der Waals surface area contributed by atoms with Gasteiger partial charge in [0, 0.05) is 10.2 Å². The van der Waals surface area contributed by atoms with Crippen LogP contribution < -0.4 is 0 Å². The Morgan fingerprint density at radius 2 is 2.21 bits per heavy atom. The summed E-state index contributed by atoms with van der Waals surface area (Å²) in [7, 11) is 0. The van der Waals surface area contributed by atoms with Crippen molar-refractivity contribution in [3.8, 4) is 0 Å². The summed E-state index contributed by atoms with van der Waals surface area (Å²) in [5.74, 6) is 0.927. The lowest BCUT2D eigenvalue weighted by Crippen LogP contribution is -1.81. The van der Waals surface area contributed by atoms with Gasteiger partial charge < -0.3 is 0 Å². The van der Waals surface area contributed by atoms with Gasteiger partial charge in [0.2, 0.25) is 0 Å². The molecule has 0 saturated carbocycles. The highest BCUT2D eigenvalue weighted by Crippen LogP contribution is 2.26. The van der Waals surface area contributed by atoms with Crippen LogP contribution in [0.4, 0.5) is 0 Å². The average Bonchev–Trinajstić information content (AvgIpc) is 2.69. The van der Waals surface area contributed by atoms with E-state index in [0.29, 0.717) is 0 Å². The van der Waals surface area contributed by atoms with Crippen LogP contribution in [0.2, 0.25) is 0 Å². The van der Waals surface area contributed by atoms with Gasteiger partial charge in [-0.25, -0.2) is 4.98 Å². The zero-order chi connectivity index (χ0) is 9.80. The predicted octanol–water partition coefficient (Wildman–Crippen LogP) is 3.59. The third-order valence-corrected chi connectivity index (χ3v) is 4.27. The maximum absolute atomic E-state index is 4.12.